The molecule has 1 aromatic carbocycles. The Morgan fingerprint density at radius 2 is 1.90 bits per heavy atom. The lowest BCUT2D eigenvalue weighted by molar-refractivity contribution is -0.124. The second-order valence-corrected chi connectivity index (χ2v) is 8.78. The highest BCUT2D eigenvalue weighted by Gasteiger charge is 2.46. The van der Waals surface area contributed by atoms with Crippen molar-refractivity contribution in [1.29, 1.82) is 5.26 Å². The maximum atomic E-state index is 14.3. The Kier molecular flexibility index (Phi) is 6.11. The second-order valence-electron chi connectivity index (χ2n) is 8.78. The van der Waals surface area contributed by atoms with E-state index in [-0.39, 0.29) is 12.5 Å². The molecule has 2 aliphatic rings. The third-order valence-corrected chi connectivity index (χ3v) is 5.68. The molecule has 3 amide bonds. The van der Waals surface area contributed by atoms with E-state index >= 15 is 0 Å². The van der Waals surface area contributed by atoms with Crippen LogP contribution in [0.25, 0.3) is 0 Å². The Morgan fingerprint density at radius 3 is 2.41 bits per heavy atom. The number of nitriles is 1. The van der Waals surface area contributed by atoms with Gasteiger partial charge in [0, 0.05) is 19.5 Å². The molecule has 1 saturated carbocycles. The molecule has 1 aliphatic heterocycles. The number of carbonyl (C=O) groups excluding carboxylic acids is 2. The highest BCUT2D eigenvalue weighted by molar-refractivity contribution is 5.88. The molecule has 0 aromatic heterocycles. The van der Waals surface area contributed by atoms with Gasteiger partial charge in [0.2, 0.25) is 5.91 Å². The van der Waals surface area contributed by atoms with Gasteiger partial charge in [-0.3, -0.25) is 4.79 Å². The van der Waals surface area contributed by atoms with E-state index in [1.165, 1.54) is 19.4 Å². The van der Waals surface area contributed by atoms with Crippen molar-refractivity contribution in [2.24, 2.45) is 0 Å². The first-order chi connectivity index (χ1) is 13.7. The molecule has 1 unspecified atom stereocenters. The lowest BCUT2D eigenvalue weighted by Gasteiger charge is -2.34. The lowest BCUT2D eigenvalue weighted by Crippen LogP contribution is -2.55. The van der Waals surface area contributed by atoms with E-state index < -0.39 is 23.2 Å². The van der Waals surface area contributed by atoms with Gasteiger partial charge < -0.3 is 15.5 Å². The number of nitrogens with zero attached hydrogens (tertiary/aromatic N) is 2. The summed E-state index contributed by atoms with van der Waals surface area (Å²) in [7, 11) is 0. The third-order valence-electron chi connectivity index (χ3n) is 5.68. The lowest BCUT2D eigenvalue weighted by atomic mass is 9.89. The van der Waals surface area contributed by atoms with Crippen LogP contribution in [0.5, 0.6) is 0 Å². The number of nitrogens with one attached hydrogen (secondary N) is 2. The monoisotopic (exact) mass is 400 g/mol. The quantitative estimate of drug-likeness (QED) is 0.769. The average molecular weight is 400 g/mol. The maximum Gasteiger partial charge on any atom is 0.318 e. The number of likely N-dealkylation sites (tertiary alicyclic amines) is 1. The van der Waals surface area contributed by atoms with Crippen LogP contribution in [-0.4, -0.2) is 47.2 Å². The van der Waals surface area contributed by atoms with E-state index in [0.717, 1.165) is 12.8 Å². The number of rotatable bonds is 6. The van der Waals surface area contributed by atoms with Gasteiger partial charge in [-0.25, -0.2) is 9.18 Å². The van der Waals surface area contributed by atoms with Crippen molar-refractivity contribution in [2.75, 3.05) is 13.1 Å². The molecule has 2 fully saturated rings. The standard InChI is InChI=1S/C22H29FN4O2/c1-21(2,23)14-18(19(28)26-22(15-24)10-11-22)25-20(29)27-12-8-17(9-13-27)16-6-4-3-5-7-16/h3-7,17-18H,8-14H2,1-2H3,(H,25,29)(H,26,28). The first-order valence-corrected chi connectivity index (χ1v) is 10.2. The van der Waals surface area contributed by atoms with Gasteiger partial charge in [-0.05, 0) is 51.0 Å². The van der Waals surface area contributed by atoms with Crippen molar-refractivity contribution in [3.8, 4) is 6.07 Å². The van der Waals surface area contributed by atoms with Gasteiger partial charge in [0.25, 0.3) is 0 Å². The molecule has 6 nitrogen and oxygen atoms in total. The van der Waals surface area contributed by atoms with Crippen molar-refractivity contribution in [3.05, 3.63) is 35.9 Å². The molecular weight excluding hydrogens is 371 g/mol. The molecule has 0 bridgehead atoms. The summed E-state index contributed by atoms with van der Waals surface area (Å²) in [6.45, 7) is 3.92. The van der Waals surface area contributed by atoms with Crippen LogP contribution in [0.2, 0.25) is 0 Å². The molecule has 7 heteroatoms. The predicted molar refractivity (Wildman–Crippen MR) is 108 cm³/mol. The second kappa shape index (κ2) is 8.40. The smallest absolute Gasteiger partial charge is 0.318 e. The Balaban J connectivity index is 1.58. The molecule has 0 spiro atoms. The van der Waals surface area contributed by atoms with E-state index in [4.69, 9.17) is 0 Å². The molecule has 3 rings (SSSR count). The number of alkyl halides is 1. The highest BCUT2D eigenvalue weighted by atomic mass is 19.1. The van der Waals surface area contributed by atoms with E-state index in [1.807, 2.05) is 18.2 Å². The number of hydrogen-bond acceptors (Lipinski definition) is 3. The minimum absolute atomic E-state index is 0.146. The highest BCUT2D eigenvalue weighted by Crippen LogP contribution is 2.34. The summed E-state index contributed by atoms with van der Waals surface area (Å²) in [6, 6.07) is 10.9. The van der Waals surface area contributed by atoms with Gasteiger partial charge in [-0.15, -0.1) is 0 Å². The molecule has 2 N–H and O–H groups in total. The van der Waals surface area contributed by atoms with Crippen LogP contribution in [0, 0.1) is 11.3 Å². The van der Waals surface area contributed by atoms with E-state index in [1.54, 1.807) is 4.90 Å². The van der Waals surface area contributed by atoms with E-state index in [9.17, 15) is 19.2 Å². The van der Waals surface area contributed by atoms with Crippen LogP contribution in [0.4, 0.5) is 9.18 Å². The van der Waals surface area contributed by atoms with Crippen molar-refractivity contribution in [1.82, 2.24) is 15.5 Å². The summed E-state index contributed by atoms with van der Waals surface area (Å²) in [5.41, 5.74) is -1.21. The summed E-state index contributed by atoms with van der Waals surface area (Å²) in [6.07, 6.45) is 2.72. The van der Waals surface area contributed by atoms with Crippen LogP contribution < -0.4 is 10.6 Å². The maximum absolute atomic E-state index is 14.3. The number of piperidine rings is 1. The largest absolute Gasteiger partial charge is 0.336 e. The Morgan fingerprint density at radius 1 is 1.28 bits per heavy atom. The Hall–Kier alpha value is -2.62. The van der Waals surface area contributed by atoms with Crippen LogP contribution in [0.3, 0.4) is 0 Å². The van der Waals surface area contributed by atoms with Crippen LogP contribution >= 0.6 is 0 Å². The van der Waals surface area contributed by atoms with Gasteiger partial charge in [-0.2, -0.15) is 5.26 Å². The fraction of sp³-hybridized carbons (Fsp3) is 0.591. The minimum atomic E-state index is -1.63. The van der Waals surface area contributed by atoms with Crippen molar-refractivity contribution in [3.63, 3.8) is 0 Å². The number of urea groups is 1. The number of benzene rings is 1. The number of hydrogen-bond donors (Lipinski definition) is 2. The predicted octanol–water partition coefficient (Wildman–Crippen LogP) is 3.25. The SMILES string of the molecule is CC(C)(F)CC(NC(=O)N1CCC(c2ccccc2)CC1)C(=O)NC1(C#N)CC1. The zero-order chi connectivity index (χ0) is 21.1. The molecule has 1 aromatic rings. The zero-order valence-electron chi connectivity index (χ0n) is 17.1. The molecule has 1 saturated heterocycles. The van der Waals surface area contributed by atoms with Gasteiger partial charge in [-0.1, -0.05) is 30.3 Å². The van der Waals surface area contributed by atoms with Crippen molar-refractivity contribution in [2.45, 2.75) is 69.1 Å². The van der Waals surface area contributed by atoms with Gasteiger partial charge >= 0.3 is 6.03 Å². The normalized spacial score (nSPS) is 19.7. The Labute approximate surface area is 171 Å². The molecular formula is C22H29FN4O2. The third kappa shape index (κ3) is 5.69. The van der Waals surface area contributed by atoms with Crippen molar-refractivity contribution < 1.29 is 14.0 Å². The summed E-state index contributed by atoms with van der Waals surface area (Å²) in [5.74, 6) is -0.0863. The fourth-order valence-corrected chi connectivity index (χ4v) is 3.79. The summed E-state index contributed by atoms with van der Waals surface area (Å²) in [4.78, 5) is 27.1. The number of carbonyl (C=O) groups is 2. The molecule has 0 radical (unpaired) electrons. The topological polar surface area (TPSA) is 85.2 Å². The number of amides is 3. The first kappa shape index (κ1) is 21.1. The summed E-state index contributed by atoms with van der Waals surface area (Å²) in [5, 5.41) is 14.6. The molecule has 1 atom stereocenters. The van der Waals surface area contributed by atoms with Gasteiger partial charge in [0.1, 0.15) is 17.2 Å². The van der Waals surface area contributed by atoms with Crippen LogP contribution in [0.1, 0.15) is 57.4 Å². The van der Waals surface area contributed by atoms with Crippen LogP contribution in [0.15, 0.2) is 30.3 Å². The van der Waals surface area contributed by atoms with E-state index in [0.29, 0.717) is 31.8 Å². The summed E-state index contributed by atoms with van der Waals surface area (Å²) < 4.78 is 14.3. The minimum Gasteiger partial charge on any atom is -0.336 e. The molecule has 29 heavy (non-hydrogen) atoms. The van der Waals surface area contributed by atoms with Crippen molar-refractivity contribution >= 4 is 11.9 Å². The average Bonchev–Trinajstić information content (AvgIpc) is 3.47. The van der Waals surface area contributed by atoms with Gasteiger partial charge in [0.15, 0.2) is 0 Å². The van der Waals surface area contributed by atoms with E-state index in [2.05, 4.69) is 28.8 Å². The first-order valence-electron chi connectivity index (χ1n) is 10.2. The van der Waals surface area contributed by atoms with Gasteiger partial charge in [0.05, 0.1) is 6.07 Å². The molecule has 1 aliphatic carbocycles. The summed E-state index contributed by atoms with van der Waals surface area (Å²) >= 11 is 0. The molecule has 156 valence electrons. The fourth-order valence-electron chi connectivity index (χ4n) is 3.79. The zero-order valence-corrected chi connectivity index (χ0v) is 17.1. The Bertz CT molecular complexity index is 772. The molecule has 1 heterocycles. The number of halogens is 1. The van der Waals surface area contributed by atoms with Crippen LogP contribution in [-0.2, 0) is 4.79 Å².